The molecule has 6 heteroatoms. The van der Waals surface area contributed by atoms with Crippen molar-refractivity contribution in [1.29, 1.82) is 0 Å². The summed E-state index contributed by atoms with van der Waals surface area (Å²) < 4.78 is 6.94. The molecule has 3 rings (SSSR count). The van der Waals surface area contributed by atoms with Gasteiger partial charge in [0.1, 0.15) is 0 Å². The Morgan fingerprint density at radius 1 is 1.33 bits per heavy atom. The summed E-state index contributed by atoms with van der Waals surface area (Å²) in [5.41, 5.74) is 3.04. The van der Waals surface area contributed by atoms with Crippen LogP contribution < -0.4 is 5.32 Å². The van der Waals surface area contributed by atoms with Gasteiger partial charge in [0.25, 0.3) is 5.91 Å². The van der Waals surface area contributed by atoms with Gasteiger partial charge < -0.3 is 15.0 Å². The molecular formula is C21H30N4O2. The fraction of sp³-hybridized carbons (Fsp3) is 0.524. The lowest BCUT2D eigenvalue weighted by molar-refractivity contribution is 0.0680. The highest BCUT2D eigenvalue weighted by molar-refractivity contribution is 5.94. The summed E-state index contributed by atoms with van der Waals surface area (Å²) in [6.07, 6.45) is 7.35. The van der Waals surface area contributed by atoms with Crippen molar-refractivity contribution in [2.24, 2.45) is 13.0 Å². The average molecular weight is 370 g/mol. The normalized spacial score (nSPS) is 17.0. The predicted molar refractivity (Wildman–Crippen MR) is 106 cm³/mol. The molecule has 0 spiro atoms. The standard InChI is InChI=1S/C21H30N4O2/c1-24-15-19(14-23-24)16-25(10-11-27-2)21(26)20-7-5-17(6-8-20)12-18-4-3-9-22-13-18/h5-8,14-15,18,22H,3-4,9-13,16H2,1-2H3. The van der Waals surface area contributed by atoms with Crippen LogP contribution in [0.5, 0.6) is 0 Å². The summed E-state index contributed by atoms with van der Waals surface area (Å²) in [4.78, 5) is 14.8. The van der Waals surface area contributed by atoms with Crippen LogP contribution in [0.25, 0.3) is 0 Å². The molecule has 1 aliphatic rings. The van der Waals surface area contributed by atoms with Gasteiger partial charge >= 0.3 is 0 Å². The van der Waals surface area contributed by atoms with Crippen LogP contribution in [0.1, 0.15) is 34.3 Å². The lowest BCUT2D eigenvalue weighted by atomic mass is 9.92. The average Bonchev–Trinajstić information content (AvgIpc) is 3.11. The Balaban J connectivity index is 1.64. The lowest BCUT2D eigenvalue weighted by Gasteiger charge is -2.23. The maximum absolute atomic E-state index is 13.0. The van der Waals surface area contributed by atoms with E-state index in [1.165, 1.54) is 18.4 Å². The third-order valence-corrected chi connectivity index (χ3v) is 5.11. The molecule has 27 heavy (non-hydrogen) atoms. The van der Waals surface area contributed by atoms with Crippen molar-refractivity contribution in [3.63, 3.8) is 0 Å². The number of aryl methyl sites for hydroxylation is 1. The monoisotopic (exact) mass is 370 g/mol. The van der Waals surface area contributed by atoms with Gasteiger partial charge in [-0.3, -0.25) is 9.48 Å². The van der Waals surface area contributed by atoms with Crippen LogP contribution in [0.3, 0.4) is 0 Å². The van der Waals surface area contributed by atoms with E-state index in [2.05, 4.69) is 22.5 Å². The van der Waals surface area contributed by atoms with Gasteiger partial charge in [-0.1, -0.05) is 12.1 Å². The number of ether oxygens (including phenoxy) is 1. The van der Waals surface area contributed by atoms with Gasteiger partial charge in [0.2, 0.25) is 0 Å². The minimum atomic E-state index is 0.0294. The molecular weight excluding hydrogens is 340 g/mol. The highest BCUT2D eigenvalue weighted by atomic mass is 16.5. The molecule has 0 saturated carbocycles. The molecule has 1 N–H and O–H groups in total. The first-order valence-electron chi connectivity index (χ1n) is 9.71. The molecule has 1 aliphatic heterocycles. The summed E-state index contributed by atoms with van der Waals surface area (Å²) in [5.74, 6) is 0.728. The lowest BCUT2D eigenvalue weighted by Crippen LogP contribution is -2.33. The molecule has 1 fully saturated rings. The Kier molecular flexibility index (Phi) is 7.01. The number of hydrogen-bond donors (Lipinski definition) is 1. The first-order chi connectivity index (χ1) is 13.2. The van der Waals surface area contributed by atoms with E-state index in [0.29, 0.717) is 25.6 Å². The highest BCUT2D eigenvalue weighted by Gasteiger charge is 2.18. The van der Waals surface area contributed by atoms with Gasteiger partial charge in [0.15, 0.2) is 0 Å². The second kappa shape index (κ2) is 9.67. The van der Waals surface area contributed by atoms with E-state index >= 15 is 0 Å². The van der Waals surface area contributed by atoms with Gasteiger partial charge in [-0.15, -0.1) is 0 Å². The topological polar surface area (TPSA) is 59.4 Å². The van der Waals surface area contributed by atoms with Crippen LogP contribution in [0.4, 0.5) is 0 Å². The van der Waals surface area contributed by atoms with Gasteiger partial charge in [-0.05, 0) is 56.0 Å². The van der Waals surface area contributed by atoms with E-state index in [-0.39, 0.29) is 5.91 Å². The summed E-state index contributed by atoms with van der Waals surface area (Å²) in [6, 6.07) is 8.11. The molecule has 1 saturated heterocycles. The molecule has 0 bridgehead atoms. The minimum Gasteiger partial charge on any atom is -0.383 e. The van der Waals surface area contributed by atoms with Crippen molar-refractivity contribution >= 4 is 5.91 Å². The van der Waals surface area contributed by atoms with Crippen molar-refractivity contribution < 1.29 is 9.53 Å². The SMILES string of the molecule is COCCN(Cc1cnn(C)c1)C(=O)c1ccc(CC2CCCNC2)cc1. The third-order valence-electron chi connectivity index (χ3n) is 5.11. The Bertz CT molecular complexity index is 720. The molecule has 1 aromatic carbocycles. The number of carbonyl (C=O) groups is 1. The molecule has 0 radical (unpaired) electrons. The summed E-state index contributed by atoms with van der Waals surface area (Å²) in [7, 11) is 3.53. The zero-order valence-electron chi connectivity index (χ0n) is 16.4. The van der Waals surface area contributed by atoms with Crippen molar-refractivity contribution in [2.75, 3.05) is 33.4 Å². The fourth-order valence-corrected chi connectivity index (χ4v) is 3.63. The summed E-state index contributed by atoms with van der Waals surface area (Å²) in [6.45, 7) is 3.83. The van der Waals surface area contributed by atoms with Crippen LogP contribution in [0, 0.1) is 5.92 Å². The number of amides is 1. The first kappa shape index (κ1) is 19.6. The molecule has 1 unspecified atom stereocenters. The van der Waals surface area contributed by atoms with E-state index in [1.807, 2.05) is 30.3 Å². The molecule has 146 valence electrons. The first-order valence-corrected chi connectivity index (χ1v) is 9.71. The predicted octanol–water partition coefficient (Wildman–Crippen LogP) is 2.25. The smallest absolute Gasteiger partial charge is 0.254 e. The second-order valence-corrected chi connectivity index (χ2v) is 7.36. The molecule has 2 aromatic rings. The van der Waals surface area contributed by atoms with Crippen molar-refractivity contribution in [3.8, 4) is 0 Å². The Labute approximate surface area is 161 Å². The number of nitrogens with zero attached hydrogens (tertiary/aromatic N) is 3. The molecule has 1 aromatic heterocycles. The zero-order valence-corrected chi connectivity index (χ0v) is 16.4. The van der Waals surface area contributed by atoms with Crippen LogP contribution in [-0.2, 0) is 24.8 Å². The molecule has 1 atom stereocenters. The van der Waals surface area contributed by atoms with Crippen molar-refractivity contribution in [3.05, 3.63) is 53.3 Å². The number of hydrogen-bond acceptors (Lipinski definition) is 4. The minimum absolute atomic E-state index is 0.0294. The third kappa shape index (κ3) is 5.65. The number of carbonyl (C=O) groups excluding carboxylic acids is 1. The van der Waals surface area contributed by atoms with Crippen LogP contribution in [0.2, 0.25) is 0 Å². The van der Waals surface area contributed by atoms with Crippen LogP contribution >= 0.6 is 0 Å². The summed E-state index contributed by atoms with van der Waals surface area (Å²) in [5, 5.41) is 7.66. The number of aromatic nitrogens is 2. The number of nitrogens with one attached hydrogen (secondary N) is 1. The van der Waals surface area contributed by atoms with Gasteiger partial charge in [-0.2, -0.15) is 5.10 Å². The number of rotatable bonds is 8. The Hall–Kier alpha value is -2.18. The van der Waals surface area contributed by atoms with E-state index in [1.54, 1.807) is 18.0 Å². The highest BCUT2D eigenvalue weighted by Crippen LogP contribution is 2.18. The quantitative estimate of drug-likeness (QED) is 0.774. The molecule has 0 aliphatic carbocycles. The van der Waals surface area contributed by atoms with E-state index in [4.69, 9.17) is 4.74 Å². The van der Waals surface area contributed by atoms with Gasteiger partial charge in [0.05, 0.1) is 12.8 Å². The largest absolute Gasteiger partial charge is 0.383 e. The molecule has 6 nitrogen and oxygen atoms in total. The van der Waals surface area contributed by atoms with E-state index in [9.17, 15) is 4.79 Å². The van der Waals surface area contributed by atoms with Crippen molar-refractivity contribution in [2.45, 2.75) is 25.8 Å². The Morgan fingerprint density at radius 3 is 2.78 bits per heavy atom. The number of benzene rings is 1. The van der Waals surface area contributed by atoms with Crippen LogP contribution in [0.15, 0.2) is 36.7 Å². The van der Waals surface area contributed by atoms with Gasteiger partial charge in [-0.25, -0.2) is 0 Å². The number of piperidine rings is 1. The fourth-order valence-electron chi connectivity index (χ4n) is 3.63. The Morgan fingerprint density at radius 2 is 2.15 bits per heavy atom. The zero-order chi connectivity index (χ0) is 19.1. The maximum Gasteiger partial charge on any atom is 0.254 e. The maximum atomic E-state index is 13.0. The molecule has 1 amide bonds. The number of methoxy groups -OCH3 is 1. The molecule has 2 heterocycles. The van der Waals surface area contributed by atoms with Gasteiger partial charge in [0, 0.05) is 44.6 Å². The summed E-state index contributed by atoms with van der Waals surface area (Å²) >= 11 is 0. The van der Waals surface area contributed by atoms with Crippen LogP contribution in [-0.4, -0.2) is 53.9 Å². The van der Waals surface area contributed by atoms with Crippen molar-refractivity contribution in [1.82, 2.24) is 20.0 Å². The second-order valence-electron chi connectivity index (χ2n) is 7.36. The van der Waals surface area contributed by atoms with E-state index < -0.39 is 0 Å². The van der Waals surface area contributed by atoms with E-state index in [0.717, 1.165) is 30.6 Å².